The van der Waals surface area contributed by atoms with Gasteiger partial charge in [0.2, 0.25) is 5.91 Å². The molecule has 2 aromatic rings. The number of benzene rings is 2. The van der Waals surface area contributed by atoms with Gasteiger partial charge in [0.15, 0.2) is 6.61 Å². The summed E-state index contributed by atoms with van der Waals surface area (Å²) < 4.78 is 5.76. The standard InChI is InChI=1S/C20H17BrClN3O6/c1-11-16(6-5-15(21)19(11)22)23-17(26)10-31-20(28)12-7-18(27)24(9-12)13-3-2-4-14(8-13)25(29)30/h2-6,8,12H,7,9-10H2,1H3,(H,23,26)/t12-/m0/s1. The maximum absolute atomic E-state index is 12.3. The zero-order valence-corrected chi connectivity index (χ0v) is 18.6. The van der Waals surface area contributed by atoms with Crippen LogP contribution in [0.3, 0.4) is 0 Å². The van der Waals surface area contributed by atoms with Crippen LogP contribution in [0, 0.1) is 23.0 Å². The molecule has 9 nitrogen and oxygen atoms in total. The second kappa shape index (κ2) is 9.44. The molecule has 1 aliphatic rings. The molecule has 1 fully saturated rings. The van der Waals surface area contributed by atoms with Crippen LogP contribution < -0.4 is 10.2 Å². The van der Waals surface area contributed by atoms with Gasteiger partial charge >= 0.3 is 5.97 Å². The summed E-state index contributed by atoms with van der Waals surface area (Å²) in [4.78, 5) is 48.5. The van der Waals surface area contributed by atoms with Crippen LogP contribution in [0.15, 0.2) is 40.9 Å². The molecule has 0 aliphatic carbocycles. The lowest BCUT2D eigenvalue weighted by Crippen LogP contribution is -2.28. The number of carbonyl (C=O) groups is 3. The largest absolute Gasteiger partial charge is 0.455 e. The van der Waals surface area contributed by atoms with Crippen molar-refractivity contribution in [3.05, 3.63) is 61.6 Å². The number of carbonyl (C=O) groups excluding carboxylic acids is 3. The molecule has 1 N–H and O–H groups in total. The number of nitro groups is 1. The summed E-state index contributed by atoms with van der Waals surface area (Å²) in [6, 6.07) is 8.95. The van der Waals surface area contributed by atoms with Gasteiger partial charge in [0.1, 0.15) is 0 Å². The number of anilines is 2. The number of rotatable bonds is 6. The van der Waals surface area contributed by atoms with Gasteiger partial charge < -0.3 is 15.0 Å². The van der Waals surface area contributed by atoms with E-state index >= 15 is 0 Å². The van der Waals surface area contributed by atoms with Crippen molar-refractivity contribution in [1.82, 2.24) is 0 Å². The number of hydrogen-bond acceptors (Lipinski definition) is 6. The van der Waals surface area contributed by atoms with Gasteiger partial charge in [-0.3, -0.25) is 24.5 Å². The highest BCUT2D eigenvalue weighted by molar-refractivity contribution is 9.10. The molecule has 1 saturated heterocycles. The van der Waals surface area contributed by atoms with Crippen molar-refractivity contribution in [2.75, 3.05) is 23.4 Å². The van der Waals surface area contributed by atoms with Crippen molar-refractivity contribution in [3.8, 4) is 0 Å². The number of halogens is 2. The molecule has 162 valence electrons. The summed E-state index contributed by atoms with van der Waals surface area (Å²) in [5, 5.41) is 14.0. The Morgan fingerprint density at radius 3 is 2.81 bits per heavy atom. The van der Waals surface area contributed by atoms with Crippen LogP contribution in [0.1, 0.15) is 12.0 Å². The first kappa shape index (κ1) is 22.7. The van der Waals surface area contributed by atoms with Crippen molar-refractivity contribution < 1.29 is 24.0 Å². The Morgan fingerprint density at radius 2 is 2.10 bits per heavy atom. The van der Waals surface area contributed by atoms with E-state index in [2.05, 4.69) is 21.2 Å². The summed E-state index contributed by atoms with van der Waals surface area (Å²) in [7, 11) is 0. The maximum atomic E-state index is 12.3. The molecule has 11 heteroatoms. The summed E-state index contributed by atoms with van der Waals surface area (Å²) in [6.45, 7) is 1.23. The zero-order valence-electron chi connectivity index (χ0n) is 16.3. The first-order chi connectivity index (χ1) is 14.7. The van der Waals surface area contributed by atoms with E-state index in [0.29, 0.717) is 26.4 Å². The molecule has 1 atom stereocenters. The minimum Gasteiger partial charge on any atom is -0.455 e. The molecule has 0 aromatic heterocycles. The first-order valence-electron chi connectivity index (χ1n) is 9.13. The van der Waals surface area contributed by atoms with E-state index < -0.39 is 29.3 Å². The van der Waals surface area contributed by atoms with Gasteiger partial charge in [-0.2, -0.15) is 0 Å². The van der Waals surface area contributed by atoms with Gasteiger partial charge in [-0.1, -0.05) is 17.7 Å². The minimum atomic E-state index is -0.775. The number of nitro benzene ring substituents is 1. The maximum Gasteiger partial charge on any atom is 0.311 e. The molecule has 0 bridgehead atoms. The fraction of sp³-hybridized carbons (Fsp3) is 0.250. The molecular formula is C20H17BrClN3O6. The van der Waals surface area contributed by atoms with E-state index in [-0.39, 0.29) is 24.6 Å². The van der Waals surface area contributed by atoms with Crippen LogP contribution in [0.5, 0.6) is 0 Å². The highest BCUT2D eigenvalue weighted by Gasteiger charge is 2.36. The summed E-state index contributed by atoms with van der Waals surface area (Å²) >= 11 is 9.42. The Morgan fingerprint density at radius 1 is 1.35 bits per heavy atom. The van der Waals surface area contributed by atoms with Gasteiger partial charge in [-0.25, -0.2) is 0 Å². The predicted octanol–water partition coefficient (Wildman–Crippen LogP) is 3.85. The Labute approximate surface area is 190 Å². The average Bonchev–Trinajstić information content (AvgIpc) is 3.14. The molecular weight excluding hydrogens is 494 g/mol. The van der Waals surface area contributed by atoms with Crippen LogP contribution in [0.25, 0.3) is 0 Å². The number of nitrogens with one attached hydrogen (secondary N) is 1. The second-order valence-electron chi connectivity index (χ2n) is 6.87. The molecule has 2 amide bonds. The summed E-state index contributed by atoms with van der Waals surface area (Å²) in [5.41, 5.74) is 1.32. The van der Waals surface area contributed by atoms with E-state index in [4.69, 9.17) is 16.3 Å². The molecule has 31 heavy (non-hydrogen) atoms. The lowest BCUT2D eigenvalue weighted by Gasteiger charge is -2.16. The molecule has 3 rings (SSSR count). The molecule has 1 heterocycles. The SMILES string of the molecule is Cc1c(NC(=O)COC(=O)[C@H]2CC(=O)N(c3cccc([N+](=O)[O-])c3)C2)ccc(Br)c1Cl. The molecule has 0 saturated carbocycles. The highest BCUT2D eigenvalue weighted by atomic mass is 79.9. The Kier molecular flexibility index (Phi) is 6.91. The third-order valence-corrected chi connectivity index (χ3v) is 6.15. The normalized spacial score (nSPS) is 15.6. The van der Waals surface area contributed by atoms with Gasteiger partial charge in [-0.15, -0.1) is 0 Å². The summed E-state index contributed by atoms with van der Waals surface area (Å²) in [5.74, 6) is -2.37. The van der Waals surface area contributed by atoms with Crippen molar-refractivity contribution in [2.24, 2.45) is 5.92 Å². The third kappa shape index (κ3) is 5.20. The van der Waals surface area contributed by atoms with Crippen molar-refractivity contribution in [3.63, 3.8) is 0 Å². The van der Waals surface area contributed by atoms with Gasteiger partial charge in [0.05, 0.1) is 21.6 Å². The number of hydrogen-bond donors (Lipinski definition) is 1. The van der Waals surface area contributed by atoms with E-state index in [1.807, 2.05) is 0 Å². The Bertz CT molecular complexity index is 1080. The van der Waals surface area contributed by atoms with E-state index in [0.717, 1.165) is 0 Å². The quantitative estimate of drug-likeness (QED) is 0.358. The van der Waals surface area contributed by atoms with E-state index in [1.165, 1.54) is 23.1 Å². The fourth-order valence-electron chi connectivity index (χ4n) is 3.12. The van der Waals surface area contributed by atoms with Crippen molar-refractivity contribution in [2.45, 2.75) is 13.3 Å². The van der Waals surface area contributed by atoms with Crippen LogP contribution in [-0.4, -0.2) is 35.9 Å². The van der Waals surface area contributed by atoms with Crippen molar-refractivity contribution in [1.29, 1.82) is 0 Å². The molecule has 1 aliphatic heterocycles. The monoisotopic (exact) mass is 509 g/mol. The topological polar surface area (TPSA) is 119 Å². The van der Waals surface area contributed by atoms with Gasteiger partial charge in [0.25, 0.3) is 11.6 Å². The fourth-order valence-corrected chi connectivity index (χ4v) is 3.71. The summed E-state index contributed by atoms with van der Waals surface area (Å²) in [6.07, 6.45) is -0.107. The van der Waals surface area contributed by atoms with Crippen LogP contribution in [0.2, 0.25) is 5.02 Å². The number of nitrogens with zero attached hydrogens (tertiary/aromatic N) is 2. The van der Waals surface area contributed by atoms with Gasteiger partial charge in [-0.05, 0) is 46.6 Å². The van der Waals surface area contributed by atoms with E-state index in [1.54, 1.807) is 25.1 Å². The first-order valence-corrected chi connectivity index (χ1v) is 10.3. The van der Waals surface area contributed by atoms with E-state index in [9.17, 15) is 24.5 Å². The second-order valence-corrected chi connectivity index (χ2v) is 8.10. The smallest absolute Gasteiger partial charge is 0.311 e. The lowest BCUT2D eigenvalue weighted by molar-refractivity contribution is -0.384. The molecule has 0 radical (unpaired) electrons. The van der Waals surface area contributed by atoms with Gasteiger partial charge in [0, 0.05) is 35.3 Å². The van der Waals surface area contributed by atoms with Crippen molar-refractivity contribution >= 4 is 62.4 Å². The number of amides is 2. The number of esters is 1. The Hall–Kier alpha value is -2.98. The average molecular weight is 511 g/mol. The molecule has 2 aromatic carbocycles. The lowest BCUT2D eigenvalue weighted by atomic mass is 10.1. The highest BCUT2D eigenvalue weighted by Crippen LogP contribution is 2.31. The molecule has 0 unspecified atom stereocenters. The van der Waals surface area contributed by atoms with Crippen LogP contribution >= 0.6 is 27.5 Å². The minimum absolute atomic E-state index is 0.0158. The third-order valence-electron chi connectivity index (χ3n) is 4.77. The predicted molar refractivity (Wildman–Crippen MR) is 117 cm³/mol. The number of ether oxygens (including phenoxy) is 1. The molecule has 0 spiro atoms. The number of non-ortho nitro benzene ring substituents is 1. The van der Waals surface area contributed by atoms with Crippen LogP contribution in [0.4, 0.5) is 17.1 Å². The zero-order chi connectivity index (χ0) is 22.7. The van der Waals surface area contributed by atoms with Crippen LogP contribution in [-0.2, 0) is 19.1 Å². The Balaban J connectivity index is 1.57.